The number of nitrogen functional groups attached to an aromatic ring is 1. The Morgan fingerprint density at radius 2 is 1.80 bits per heavy atom. The molecule has 1 aliphatic carbocycles. The molecule has 0 amide bonds. The molecule has 15 heavy (non-hydrogen) atoms. The predicted octanol–water partition coefficient (Wildman–Crippen LogP) is 3.26. The zero-order valence-corrected chi connectivity index (χ0v) is 9.37. The Hall–Kier alpha value is -1.18. The lowest BCUT2D eigenvalue weighted by molar-refractivity contribution is 0.349. The maximum atomic E-state index is 5.66. The van der Waals surface area contributed by atoms with Crippen LogP contribution in [0.4, 0.5) is 11.4 Å². The zero-order chi connectivity index (χ0) is 10.7. The molecular formula is C13H20N2. The van der Waals surface area contributed by atoms with Gasteiger partial charge in [0, 0.05) is 17.4 Å². The third-order valence-electron chi connectivity index (χ3n) is 3.37. The summed E-state index contributed by atoms with van der Waals surface area (Å²) in [5.41, 5.74) is 7.69. The van der Waals surface area contributed by atoms with Crippen molar-refractivity contribution < 1.29 is 0 Å². The Balaban J connectivity index is 1.98. The van der Waals surface area contributed by atoms with Crippen LogP contribution in [-0.2, 0) is 0 Å². The van der Waals surface area contributed by atoms with E-state index in [0.29, 0.717) is 6.04 Å². The smallest absolute Gasteiger partial charge is 0.0343 e. The average molecular weight is 204 g/mol. The van der Waals surface area contributed by atoms with Gasteiger partial charge in [0.2, 0.25) is 0 Å². The summed E-state index contributed by atoms with van der Waals surface area (Å²) >= 11 is 0. The molecule has 0 aliphatic heterocycles. The fourth-order valence-corrected chi connectivity index (χ4v) is 2.32. The van der Waals surface area contributed by atoms with Crippen LogP contribution in [0.2, 0.25) is 0 Å². The summed E-state index contributed by atoms with van der Waals surface area (Å²) in [6.45, 7) is 2.34. The summed E-state index contributed by atoms with van der Waals surface area (Å²) in [7, 11) is 0. The van der Waals surface area contributed by atoms with Gasteiger partial charge in [-0.15, -0.1) is 0 Å². The second-order valence-corrected chi connectivity index (χ2v) is 4.63. The molecule has 2 heteroatoms. The first-order chi connectivity index (χ1) is 7.25. The van der Waals surface area contributed by atoms with Gasteiger partial charge in [-0.05, 0) is 43.0 Å². The van der Waals surface area contributed by atoms with Crippen molar-refractivity contribution >= 4 is 11.4 Å². The van der Waals surface area contributed by atoms with E-state index in [1.165, 1.54) is 31.4 Å². The number of benzene rings is 1. The van der Waals surface area contributed by atoms with Crippen LogP contribution in [0, 0.1) is 5.92 Å². The van der Waals surface area contributed by atoms with Gasteiger partial charge < -0.3 is 11.1 Å². The largest absolute Gasteiger partial charge is 0.399 e. The second-order valence-electron chi connectivity index (χ2n) is 4.63. The van der Waals surface area contributed by atoms with Gasteiger partial charge in [0.25, 0.3) is 0 Å². The summed E-state index contributed by atoms with van der Waals surface area (Å²) in [4.78, 5) is 0. The van der Waals surface area contributed by atoms with Gasteiger partial charge in [-0.2, -0.15) is 0 Å². The highest BCUT2D eigenvalue weighted by Gasteiger charge is 2.20. The molecule has 1 aromatic rings. The van der Waals surface area contributed by atoms with Gasteiger partial charge in [-0.3, -0.25) is 0 Å². The number of rotatable bonds is 2. The standard InChI is InChI=1S/C13H20N2/c1-10-4-2-3-5-13(10)15-12-8-6-11(14)7-9-12/h6-10,13,15H,2-5,14H2,1H3/t10-,13-/m0/s1. The molecule has 82 valence electrons. The molecule has 0 radical (unpaired) electrons. The monoisotopic (exact) mass is 204 g/mol. The molecule has 2 rings (SSSR count). The van der Waals surface area contributed by atoms with Crippen molar-refractivity contribution in [1.82, 2.24) is 0 Å². The normalized spacial score (nSPS) is 26.2. The van der Waals surface area contributed by atoms with Crippen LogP contribution < -0.4 is 11.1 Å². The molecule has 0 unspecified atom stereocenters. The van der Waals surface area contributed by atoms with E-state index < -0.39 is 0 Å². The van der Waals surface area contributed by atoms with Gasteiger partial charge in [0.05, 0.1) is 0 Å². The van der Waals surface area contributed by atoms with Gasteiger partial charge in [0.15, 0.2) is 0 Å². The van der Waals surface area contributed by atoms with Crippen molar-refractivity contribution in [1.29, 1.82) is 0 Å². The Morgan fingerprint density at radius 3 is 2.47 bits per heavy atom. The van der Waals surface area contributed by atoms with Crippen molar-refractivity contribution in [3.63, 3.8) is 0 Å². The minimum absolute atomic E-state index is 0.641. The molecule has 2 atom stereocenters. The molecule has 1 saturated carbocycles. The first-order valence-electron chi connectivity index (χ1n) is 5.88. The molecule has 2 nitrogen and oxygen atoms in total. The van der Waals surface area contributed by atoms with Crippen molar-refractivity contribution in [2.75, 3.05) is 11.1 Å². The van der Waals surface area contributed by atoms with Crippen molar-refractivity contribution in [3.05, 3.63) is 24.3 Å². The van der Waals surface area contributed by atoms with E-state index in [2.05, 4.69) is 24.4 Å². The summed E-state index contributed by atoms with van der Waals surface area (Å²) in [5.74, 6) is 0.788. The van der Waals surface area contributed by atoms with E-state index in [1.54, 1.807) is 0 Å². The van der Waals surface area contributed by atoms with Crippen LogP contribution in [0.1, 0.15) is 32.6 Å². The third-order valence-corrected chi connectivity index (χ3v) is 3.37. The fourth-order valence-electron chi connectivity index (χ4n) is 2.32. The highest BCUT2D eigenvalue weighted by Crippen LogP contribution is 2.26. The predicted molar refractivity (Wildman–Crippen MR) is 65.9 cm³/mol. The van der Waals surface area contributed by atoms with E-state index in [-0.39, 0.29) is 0 Å². The van der Waals surface area contributed by atoms with E-state index in [1.807, 2.05) is 12.1 Å². The van der Waals surface area contributed by atoms with E-state index >= 15 is 0 Å². The highest BCUT2D eigenvalue weighted by atomic mass is 14.9. The van der Waals surface area contributed by atoms with Crippen molar-refractivity contribution in [2.24, 2.45) is 5.92 Å². The van der Waals surface area contributed by atoms with E-state index in [0.717, 1.165) is 11.6 Å². The van der Waals surface area contributed by atoms with Crippen LogP contribution in [0.3, 0.4) is 0 Å². The van der Waals surface area contributed by atoms with Crippen LogP contribution in [0.15, 0.2) is 24.3 Å². The molecule has 0 spiro atoms. The molecule has 0 saturated heterocycles. The van der Waals surface area contributed by atoms with Crippen LogP contribution in [0.5, 0.6) is 0 Å². The van der Waals surface area contributed by atoms with Gasteiger partial charge in [-0.1, -0.05) is 19.8 Å². The first kappa shape index (κ1) is 10.3. The Morgan fingerprint density at radius 1 is 1.13 bits per heavy atom. The maximum absolute atomic E-state index is 5.66. The van der Waals surface area contributed by atoms with Crippen molar-refractivity contribution in [2.45, 2.75) is 38.6 Å². The summed E-state index contributed by atoms with van der Waals surface area (Å²) in [5, 5.41) is 3.60. The molecule has 1 aromatic carbocycles. The molecule has 0 aromatic heterocycles. The van der Waals surface area contributed by atoms with Gasteiger partial charge in [-0.25, -0.2) is 0 Å². The molecule has 1 aliphatic rings. The van der Waals surface area contributed by atoms with Crippen molar-refractivity contribution in [3.8, 4) is 0 Å². The first-order valence-corrected chi connectivity index (χ1v) is 5.88. The van der Waals surface area contributed by atoms with Crippen LogP contribution in [-0.4, -0.2) is 6.04 Å². The van der Waals surface area contributed by atoms with Gasteiger partial charge in [0.1, 0.15) is 0 Å². The average Bonchev–Trinajstić information content (AvgIpc) is 2.25. The van der Waals surface area contributed by atoms with Gasteiger partial charge >= 0.3 is 0 Å². The quantitative estimate of drug-likeness (QED) is 0.726. The summed E-state index contributed by atoms with van der Waals surface area (Å²) in [6.07, 6.45) is 5.40. The zero-order valence-electron chi connectivity index (χ0n) is 9.37. The lowest BCUT2D eigenvalue weighted by Gasteiger charge is -2.30. The second kappa shape index (κ2) is 4.56. The Kier molecular flexibility index (Phi) is 3.14. The minimum atomic E-state index is 0.641. The lowest BCUT2D eigenvalue weighted by Crippen LogP contribution is -2.30. The molecule has 1 fully saturated rings. The Labute approximate surface area is 91.9 Å². The topological polar surface area (TPSA) is 38.0 Å². The van der Waals surface area contributed by atoms with E-state index in [4.69, 9.17) is 5.73 Å². The number of nitrogens with two attached hydrogens (primary N) is 1. The number of hydrogen-bond donors (Lipinski definition) is 2. The lowest BCUT2D eigenvalue weighted by atomic mass is 9.86. The molecule has 3 N–H and O–H groups in total. The SMILES string of the molecule is C[C@H]1CCCC[C@@H]1Nc1ccc(N)cc1. The van der Waals surface area contributed by atoms with Crippen LogP contribution >= 0.6 is 0 Å². The molecule has 0 bridgehead atoms. The van der Waals surface area contributed by atoms with Crippen LogP contribution in [0.25, 0.3) is 0 Å². The summed E-state index contributed by atoms with van der Waals surface area (Å²) in [6, 6.07) is 8.68. The highest BCUT2D eigenvalue weighted by molar-refractivity contribution is 5.51. The Bertz CT molecular complexity index is 305. The molecular weight excluding hydrogens is 184 g/mol. The number of hydrogen-bond acceptors (Lipinski definition) is 2. The third kappa shape index (κ3) is 2.65. The molecule has 0 heterocycles. The fraction of sp³-hybridized carbons (Fsp3) is 0.538. The minimum Gasteiger partial charge on any atom is -0.399 e. The summed E-state index contributed by atoms with van der Waals surface area (Å²) < 4.78 is 0. The number of nitrogens with one attached hydrogen (secondary N) is 1. The maximum Gasteiger partial charge on any atom is 0.0343 e. The number of anilines is 2. The van der Waals surface area contributed by atoms with E-state index in [9.17, 15) is 0 Å².